The minimum atomic E-state index is -0.265. The third-order valence-corrected chi connectivity index (χ3v) is 3.95. The zero-order chi connectivity index (χ0) is 13.1. The second-order valence-corrected chi connectivity index (χ2v) is 5.26. The van der Waals surface area contributed by atoms with Crippen molar-refractivity contribution in [3.63, 3.8) is 0 Å². The maximum atomic E-state index is 13.3. The molecular weight excluding hydrogens is 229 g/mol. The molecule has 100 valence electrons. The highest BCUT2D eigenvalue weighted by molar-refractivity contribution is 5.46. The molecule has 1 fully saturated rings. The first-order chi connectivity index (χ1) is 8.61. The van der Waals surface area contributed by atoms with Crippen LogP contribution in [0.4, 0.5) is 10.1 Å². The Labute approximate surface area is 108 Å². The number of halogens is 1. The van der Waals surface area contributed by atoms with Gasteiger partial charge < -0.3 is 10.2 Å². The van der Waals surface area contributed by atoms with Gasteiger partial charge in [-0.1, -0.05) is 20.3 Å². The van der Waals surface area contributed by atoms with Crippen LogP contribution >= 0.6 is 0 Å². The topological polar surface area (TPSA) is 28.2 Å². The first-order valence-corrected chi connectivity index (χ1v) is 6.72. The molecule has 1 N–H and O–H groups in total. The van der Waals surface area contributed by atoms with E-state index in [9.17, 15) is 4.39 Å². The molecule has 3 atom stereocenters. The van der Waals surface area contributed by atoms with Crippen molar-refractivity contribution in [3.05, 3.63) is 24.3 Å². The van der Waals surface area contributed by atoms with E-state index >= 15 is 0 Å². The molecule has 3 nitrogen and oxygen atoms in total. The molecular formula is C14H22FN3. The van der Waals surface area contributed by atoms with Crippen LogP contribution in [0.1, 0.15) is 27.2 Å². The number of hydrogen-bond acceptors (Lipinski definition) is 3. The minimum Gasteiger partial charge on any atom is -0.365 e. The zero-order valence-electron chi connectivity index (χ0n) is 11.4. The van der Waals surface area contributed by atoms with Crippen molar-refractivity contribution in [2.24, 2.45) is 5.92 Å². The molecule has 1 aromatic heterocycles. The van der Waals surface area contributed by atoms with Crippen LogP contribution in [0.3, 0.4) is 0 Å². The highest BCUT2D eigenvalue weighted by Crippen LogP contribution is 2.22. The van der Waals surface area contributed by atoms with Gasteiger partial charge in [-0.3, -0.25) is 4.98 Å². The summed E-state index contributed by atoms with van der Waals surface area (Å²) in [6.07, 6.45) is 4.16. The van der Waals surface area contributed by atoms with E-state index in [1.807, 2.05) is 0 Å². The number of pyridine rings is 1. The molecule has 0 spiro atoms. The van der Waals surface area contributed by atoms with Crippen LogP contribution in [-0.2, 0) is 0 Å². The predicted molar refractivity (Wildman–Crippen MR) is 72.2 cm³/mol. The van der Waals surface area contributed by atoms with E-state index in [0.29, 0.717) is 18.0 Å². The van der Waals surface area contributed by atoms with Crippen molar-refractivity contribution in [1.29, 1.82) is 0 Å². The fourth-order valence-electron chi connectivity index (χ4n) is 2.47. The van der Waals surface area contributed by atoms with Crippen molar-refractivity contribution in [1.82, 2.24) is 10.3 Å². The molecule has 3 unspecified atom stereocenters. The Morgan fingerprint density at radius 2 is 2.33 bits per heavy atom. The fourth-order valence-corrected chi connectivity index (χ4v) is 2.47. The average Bonchev–Trinajstić information content (AvgIpc) is 2.38. The van der Waals surface area contributed by atoms with Gasteiger partial charge in [-0.15, -0.1) is 0 Å². The van der Waals surface area contributed by atoms with E-state index < -0.39 is 0 Å². The summed E-state index contributed by atoms with van der Waals surface area (Å²) in [5.41, 5.74) is 0.886. The Kier molecular flexibility index (Phi) is 4.17. The lowest BCUT2D eigenvalue weighted by Gasteiger charge is -2.42. The van der Waals surface area contributed by atoms with Crippen LogP contribution in [0.5, 0.6) is 0 Å². The molecule has 1 aromatic rings. The summed E-state index contributed by atoms with van der Waals surface area (Å²) in [4.78, 5) is 6.20. The Morgan fingerprint density at radius 1 is 1.56 bits per heavy atom. The largest absolute Gasteiger partial charge is 0.365 e. The third kappa shape index (κ3) is 2.80. The van der Waals surface area contributed by atoms with Gasteiger partial charge in [0.2, 0.25) is 0 Å². The van der Waals surface area contributed by atoms with Crippen molar-refractivity contribution in [3.8, 4) is 0 Å². The lowest BCUT2D eigenvalue weighted by Crippen LogP contribution is -2.57. The van der Waals surface area contributed by atoms with Crippen LogP contribution in [0, 0.1) is 11.7 Å². The molecule has 0 aromatic carbocycles. The summed E-state index contributed by atoms with van der Waals surface area (Å²) in [6.45, 7) is 8.48. The maximum Gasteiger partial charge on any atom is 0.143 e. The van der Waals surface area contributed by atoms with E-state index in [4.69, 9.17) is 0 Å². The summed E-state index contributed by atoms with van der Waals surface area (Å²) < 4.78 is 13.3. The molecule has 1 aliphatic heterocycles. The predicted octanol–water partition coefficient (Wildman–Crippen LogP) is 2.43. The molecule has 0 radical (unpaired) electrons. The monoisotopic (exact) mass is 251 g/mol. The smallest absolute Gasteiger partial charge is 0.143 e. The number of rotatable bonds is 3. The quantitative estimate of drug-likeness (QED) is 0.894. The number of aromatic nitrogens is 1. The second-order valence-electron chi connectivity index (χ2n) is 5.26. The van der Waals surface area contributed by atoms with Crippen LogP contribution in [0.2, 0.25) is 0 Å². The van der Waals surface area contributed by atoms with E-state index in [1.54, 1.807) is 12.3 Å². The van der Waals surface area contributed by atoms with Crippen molar-refractivity contribution in [2.45, 2.75) is 39.3 Å². The van der Waals surface area contributed by atoms with E-state index in [-0.39, 0.29) is 5.82 Å². The summed E-state index contributed by atoms with van der Waals surface area (Å²) in [7, 11) is 0. The van der Waals surface area contributed by atoms with Gasteiger partial charge in [0.1, 0.15) is 5.82 Å². The first kappa shape index (κ1) is 13.3. The van der Waals surface area contributed by atoms with Crippen molar-refractivity contribution < 1.29 is 4.39 Å². The average molecular weight is 251 g/mol. The standard InChI is InChI=1S/C14H22FN3/c1-4-10(2)14-9-18(11(3)6-17-14)13-5-12(15)7-16-8-13/h5,7-8,10-11,14,17H,4,6,9H2,1-3H3. The number of nitrogens with one attached hydrogen (secondary N) is 1. The Hall–Kier alpha value is -1.16. The zero-order valence-corrected chi connectivity index (χ0v) is 11.4. The molecule has 0 bridgehead atoms. The molecule has 4 heteroatoms. The summed E-state index contributed by atoms with van der Waals surface area (Å²) >= 11 is 0. The normalized spacial score (nSPS) is 26.1. The molecule has 0 amide bonds. The third-order valence-electron chi connectivity index (χ3n) is 3.95. The van der Waals surface area contributed by atoms with Gasteiger partial charge in [0, 0.05) is 31.2 Å². The van der Waals surface area contributed by atoms with Gasteiger partial charge in [0.15, 0.2) is 0 Å². The highest BCUT2D eigenvalue weighted by Gasteiger charge is 2.28. The van der Waals surface area contributed by atoms with E-state index in [2.05, 4.69) is 36.0 Å². The van der Waals surface area contributed by atoms with E-state index in [1.165, 1.54) is 6.20 Å². The molecule has 18 heavy (non-hydrogen) atoms. The molecule has 1 aliphatic rings. The lowest BCUT2D eigenvalue weighted by atomic mass is 9.95. The van der Waals surface area contributed by atoms with E-state index in [0.717, 1.165) is 25.2 Å². The number of piperazine rings is 1. The van der Waals surface area contributed by atoms with Crippen molar-refractivity contribution in [2.75, 3.05) is 18.0 Å². The summed E-state index contributed by atoms with van der Waals surface area (Å²) in [6, 6.07) is 2.41. The first-order valence-electron chi connectivity index (χ1n) is 6.72. The van der Waals surface area contributed by atoms with Gasteiger partial charge in [-0.25, -0.2) is 4.39 Å². The van der Waals surface area contributed by atoms with Gasteiger partial charge >= 0.3 is 0 Å². The number of hydrogen-bond donors (Lipinski definition) is 1. The Bertz CT molecular complexity index is 396. The molecule has 2 heterocycles. The Morgan fingerprint density at radius 3 is 3.00 bits per heavy atom. The van der Waals surface area contributed by atoms with Gasteiger partial charge in [-0.2, -0.15) is 0 Å². The van der Waals surface area contributed by atoms with Gasteiger partial charge in [0.05, 0.1) is 18.1 Å². The fraction of sp³-hybridized carbons (Fsp3) is 0.643. The molecule has 0 aliphatic carbocycles. The molecule has 0 saturated carbocycles. The van der Waals surface area contributed by atoms with Crippen molar-refractivity contribution >= 4 is 5.69 Å². The van der Waals surface area contributed by atoms with Crippen LogP contribution in [0.15, 0.2) is 18.5 Å². The highest BCUT2D eigenvalue weighted by atomic mass is 19.1. The summed E-state index contributed by atoms with van der Waals surface area (Å²) in [5, 5.41) is 3.58. The van der Waals surface area contributed by atoms with Crippen LogP contribution in [0.25, 0.3) is 0 Å². The second kappa shape index (κ2) is 5.65. The van der Waals surface area contributed by atoms with Crippen LogP contribution in [-0.4, -0.2) is 30.2 Å². The lowest BCUT2D eigenvalue weighted by molar-refractivity contribution is 0.315. The maximum absolute atomic E-state index is 13.3. The minimum absolute atomic E-state index is 0.265. The van der Waals surface area contributed by atoms with Gasteiger partial charge in [-0.05, 0) is 12.8 Å². The number of anilines is 1. The number of nitrogens with zero attached hydrogens (tertiary/aromatic N) is 2. The molecule has 1 saturated heterocycles. The summed E-state index contributed by atoms with van der Waals surface area (Å²) in [5.74, 6) is 0.361. The van der Waals surface area contributed by atoms with Crippen LogP contribution < -0.4 is 10.2 Å². The molecule has 2 rings (SSSR count). The van der Waals surface area contributed by atoms with Gasteiger partial charge in [0.25, 0.3) is 0 Å². The SMILES string of the molecule is CCC(C)C1CN(c2cncc(F)c2)C(C)CN1. The Balaban J connectivity index is 2.15.